The number of carbonyl (C=O) groups excluding carboxylic acids is 1. The van der Waals surface area contributed by atoms with Crippen molar-refractivity contribution in [2.75, 3.05) is 0 Å². The molecule has 1 saturated heterocycles. The lowest BCUT2D eigenvalue weighted by molar-refractivity contribution is -0.0594. The van der Waals surface area contributed by atoms with Crippen LogP contribution in [0.5, 0.6) is 0 Å². The maximum absolute atomic E-state index is 13.3. The second kappa shape index (κ2) is 12.9. The van der Waals surface area contributed by atoms with Crippen LogP contribution in [-0.4, -0.2) is 30.4 Å². The first-order valence-electron chi connectivity index (χ1n) is 19.4. The van der Waals surface area contributed by atoms with E-state index in [1.54, 1.807) is 5.57 Å². The molecule has 0 spiro atoms. The van der Waals surface area contributed by atoms with Gasteiger partial charge in [0.05, 0.1) is 16.8 Å². The third kappa shape index (κ3) is 6.44. The van der Waals surface area contributed by atoms with E-state index >= 15 is 0 Å². The van der Waals surface area contributed by atoms with Crippen molar-refractivity contribution >= 4 is 13.1 Å². The van der Waals surface area contributed by atoms with E-state index in [0.717, 1.165) is 60.3 Å². The molecule has 260 valence electrons. The summed E-state index contributed by atoms with van der Waals surface area (Å²) in [5.74, 6) is 4.92. The van der Waals surface area contributed by atoms with Crippen molar-refractivity contribution in [1.82, 2.24) is 0 Å². The number of ether oxygens (including phenoxy) is 1. The predicted octanol–water partition coefficient (Wildman–Crippen LogP) is 11.0. The van der Waals surface area contributed by atoms with Crippen LogP contribution in [0.4, 0.5) is 0 Å². The van der Waals surface area contributed by atoms with Crippen molar-refractivity contribution in [2.24, 2.45) is 46.3 Å². The summed E-state index contributed by atoms with van der Waals surface area (Å²) in [6, 6.07) is 7.89. The van der Waals surface area contributed by atoms with Gasteiger partial charge in [-0.2, -0.15) is 0 Å². The number of fused-ring (bicyclic) bond motifs is 5. The van der Waals surface area contributed by atoms with Crippen LogP contribution in [0, 0.1) is 46.3 Å². The van der Waals surface area contributed by atoms with Gasteiger partial charge in [0.2, 0.25) is 0 Å². The molecule has 9 atom stereocenters. The van der Waals surface area contributed by atoms with Crippen molar-refractivity contribution in [2.45, 2.75) is 163 Å². The average Bonchev–Trinajstić information content (AvgIpc) is 3.48. The van der Waals surface area contributed by atoms with Crippen LogP contribution >= 0.6 is 0 Å². The van der Waals surface area contributed by atoms with Gasteiger partial charge >= 0.3 is 13.1 Å². The Labute approximate surface area is 287 Å². The van der Waals surface area contributed by atoms with E-state index in [2.05, 4.69) is 75.3 Å². The minimum Gasteiger partial charge on any atom is -0.458 e. The second-order valence-corrected chi connectivity index (χ2v) is 18.6. The van der Waals surface area contributed by atoms with E-state index in [1.807, 2.05) is 24.3 Å². The maximum Gasteiger partial charge on any atom is 0.465 e. The molecule has 6 rings (SSSR count). The number of hydrogen-bond donors (Lipinski definition) is 0. The average molecular weight is 645 g/mol. The molecule has 4 nitrogen and oxygen atoms in total. The number of allylic oxidation sites excluding steroid dienone is 1. The lowest BCUT2D eigenvalue weighted by atomic mass is 9.47. The Morgan fingerprint density at radius 3 is 2.21 bits per heavy atom. The zero-order valence-electron chi connectivity index (χ0n) is 31.5. The van der Waals surface area contributed by atoms with Crippen molar-refractivity contribution in [3.63, 3.8) is 0 Å². The summed E-state index contributed by atoms with van der Waals surface area (Å²) in [4.78, 5) is 13.3. The van der Waals surface area contributed by atoms with Gasteiger partial charge in [-0.1, -0.05) is 84.6 Å². The summed E-state index contributed by atoms with van der Waals surface area (Å²) >= 11 is 0. The summed E-state index contributed by atoms with van der Waals surface area (Å²) in [5.41, 5.74) is 3.37. The fourth-order valence-electron chi connectivity index (χ4n) is 11.1. The summed E-state index contributed by atoms with van der Waals surface area (Å²) in [5, 5.41) is 0. The summed E-state index contributed by atoms with van der Waals surface area (Å²) in [6.07, 6.45) is 16.7. The van der Waals surface area contributed by atoms with Crippen molar-refractivity contribution < 1.29 is 18.8 Å². The zero-order chi connectivity index (χ0) is 33.9. The first-order chi connectivity index (χ1) is 22.1. The number of hydrogen-bond acceptors (Lipinski definition) is 4. The molecule has 4 aliphatic carbocycles. The molecular weight excluding hydrogens is 579 g/mol. The van der Waals surface area contributed by atoms with Crippen LogP contribution < -0.4 is 0 Å². The smallest absolute Gasteiger partial charge is 0.458 e. The van der Waals surface area contributed by atoms with Crippen LogP contribution in [0.2, 0.25) is 0 Å². The highest BCUT2D eigenvalue weighted by molar-refractivity contribution is 6.47. The SMILES string of the molecule is CC(C)CCC[C@@H](C)[C@H]1CC[C@H]2[C@@H]3CC=C4C[C@@H](OC(=O)c5ccc([C@H](C)B6OC(C)(C)C(C)(C)O6)cc5)CC[C@]4(C)[C@H]3CC[C@]12C. The van der Waals surface area contributed by atoms with Crippen molar-refractivity contribution in [3.05, 3.63) is 47.0 Å². The van der Waals surface area contributed by atoms with E-state index in [-0.39, 0.29) is 41.6 Å². The van der Waals surface area contributed by atoms with Gasteiger partial charge in [-0.05, 0) is 137 Å². The molecule has 1 heterocycles. The van der Waals surface area contributed by atoms with Crippen molar-refractivity contribution in [3.8, 4) is 0 Å². The Morgan fingerprint density at radius 1 is 0.872 bits per heavy atom. The first kappa shape index (κ1) is 35.2. The minimum absolute atomic E-state index is 0.0295. The largest absolute Gasteiger partial charge is 0.465 e. The van der Waals surface area contributed by atoms with Crippen LogP contribution in [0.25, 0.3) is 0 Å². The normalized spacial score (nSPS) is 37.0. The summed E-state index contributed by atoms with van der Waals surface area (Å²) in [7, 11) is -0.311. The third-order valence-corrected chi connectivity index (χ3v) is 14.9. The van der Waals surface area contributed by atoms with E-state index < -0.39 is 0 Å². The van der Waals surface area contributed by atoms with Gasteiger partial charge < -0.3 is 14.0 Å². The van der Waals surface area contributed by atoms with Crippen LogP contribution in [0.3, 0.4) is 0 Å². The summed E-state index contributed by atoms with van der Waals surface area (Å²) < 4.78 is 18.8. The molecule has 0 radical (unpaired) electrons. The topological polar surface area (TPSA) is 44.8 Å². The molecule has 0 bridgehead atoms. The highest BCUT2D eigenvalue weighted by Gasteiger charge is 2.59. The number of benzene rings is 1. The lowest BCUT2D eigenvalue weighted by Gasteiger charge is -2.58. The Hall–Kier alpha value is -1.59. The second-order valence-electron chi connectivity index (χ2n) is 18.6. The van der Waals surface area contributed by atoms with Gasteiger partial charge in [0, 0.05) is 12.2 Å². The van der Waals surface area contributed by atoms with Gasteiger partial charge in [-0.3, -0.25) is 0 Å². The maximum atomic E-state index is 13.3. The molecule has 1 aliphatic heterocycles. The highest BCUT2D eigenvalue weighted by atomic mass is 16.7. The van der Waals surface area contributed by atoms with Crippen molar-refractivity contribution in [1.29, 1.82) is 0 Å². The van der Waals surface area contributed by atoms with Gasteiger partial charge in [0.25, 0.3) is 0 Å². The standard InChI is InChI=1S/C42H65BO4/c1-27(2)12-11-13-28(3)35-20-21-36-34-19-18-32-26-33(22-24-41(32,9)37(34)23-25-42(35,36)10)45-38(44)31-16-14-30(15-17-31)29(4)43-46-39(5,6)40(7,8)47-43/h14-18,27-29,33-37H,11-13,19-26H2,1-10H3/t28-,29+,33+,34+,35-,36+,37+,41+,42-/m1/s1. The van der Waals surface area contributed by atoms with Crippen LogP contribution in [0.1, 0.15) is 162 Å². The molecule has 47 heavy (non-hydrogen) atoms. The highest BCUT2D eigenvalue weighted by Crippen LogP contribution is 2.67. The molecule has 0 aromatic heterocycles. The first-order valence-corrected chi connectivity index (χ1v) is 19.4. The van der Waals surface area contributed by atoms with E-state index in [9.17, 15) is 4.79 Å². The van der Waals surface area contributed by atoms with E-state index in [0.29, 0.717) is 11.0 Å². The van der Waals surface area contributed by atoms with E-state index in [1.165, 1.54) is 51.4 Å². The molecular formula is C42H65BO4. The molecule has 0 N–H and O–H groups in total. The van der Waals surface area contributed by atoms with E-state index in [4.69, 9.17) is 14.0 Å². The molecule has 3 saturated carbocycles. The van der Waals surface area contributed by atoms with Gasteiger partial charge in [0.15, 0.2) is 0 Å². The van der Waals surface area contributed by atoms with Gasteiger partial charge in [-0.15, -0.1) is 0 Å². The molecule has 0 amide bonds. The minimum atomic E-state index is -0.358. The Balaban J connectivity index is 1.06. The Kier molecular flexibility index (Phi) is 9.71. The third-order valence-electron chi connectivity index (χ3n) is 14.9. The fraction of sp³-hybridized carbons (Fsp3) is 0.786. The predicted molar refractivity (Wildman–Crippen MR) is 193 cm³/mol. The summed E-state index contributed by atoms with van der Waals surface area (Å²) in [6.45, 7) is 23.0. The molecule has 0 unspecified atom stereocenters. The fourth-order valence-corrected chi connectivity index (χ4v) is 11.1. The Morgan fingerprint density at radius 2 is 1.55 bits per heavy atom. The van der Waals surface area contributed by atoms with Crippen LogP contribution in [0.15, 0.2) is 35.9 Å². The molecule has 1 aromatic rings. The molecule has 5 aliphatic rings. The van der Waals surface area contributed by atoms with Crippen LogP contribution in [-0.2, 0) is 14.0 Å². The number of carbonyl (C=O) groups is 1. The Bertz CT molecular complexity index is 1300. The lowest BCUT2D eigenvalue weighted by Crippen LogP contribution is -2.51. The number of rotatable bonds is 9. The quantitative estimate of drug-likeness (QED) is 0.152. The van der Waals surface area contributed by atoms with Gasteiger partial charge in [0.1, 0.15) is 6.10 Å². The zero-order valence-corrected chi connectivity index (χ0v) is 31.5. The monoisotopic (exact) mass is 644 g/mol. The molecule has 4 fully saturated rings. The molecule has 5 heteroatoms. The van der Waals surface area contributed by atoms with Gasteiger partial charge in [-0.25, -0.2) is 4.79 Å². The number of esters is 1. The molecule has 1 aromatic carbocycles.